The Balaban J connectivity index is 1.27. The summed E-state index contributed by atoms with van der Waals surface area (Å²) in [4.78, 5) is 23.0. The van der Waals surface area contributed by atoms with E-state index in [1.165, 1.54) is 0 Å². The van der Waals surface area contributed by atoms with E-state index in [2.05, 4.69) is 20.5 Å². The number of hydrogen-bond acceptors (Lipinski definition) is 7. The van der Waals surface area contributed by atoms with Gasteiger partial charge in [-0.15, -0.1) is 10.2 Å². The average molecular weight is 578 g/mol. The van der Waals surface area contributed by atoms with Gasteiger partial charge in [-0.1, -0.05) is 47.4 Å². The molecular weight excluding hydrogens is 551 g/mol. The van der Waals surface area contributed by atoms with Crippen molar-refractivity contribution in [3.63, 3.8) is 0 Å². The van der Waals surface area contributed by atoms with E-state index in [0.29, 0.717) is 46.6 Å². The first-order valence-corrected chi connectivity index (χ1v) is 13.9. The Bertz CT molecular complexity index is 1820. The Morgan fingerprint density at radius 3 is 2.67 bits per heavy atom. The highest BCUT2D eigenvalue weighted by Crippen LogP contribution is 2.34. The molecule has 3 heterocycles. The molecule has 3 aromatic carbocycles. The maximum atomic E-state index is 13.3. The number of halogens is 1. The van der Waals surface area contributed by atoms with Crippen molar-refractivity contribution in [2.45, 2.75) is 25.8 Å². The molecule has 0 saturated heterocycles. The number of benzene rings is 3. The predicted molar refractivity (Wildman–Crippen MR) is 163 cm³/mol. The number of nitrogens with zero attached hydrogens (tertiary/aromatic N) is 5. The second-order valence-corrected chi connectivity index (χ2v) is 10.4. The number of nitrogens with one attached hydrogen (secondary N) is 1. The van der Waals surface area contributed by atoms with Crippen molar-refractivity contribution >= 4 is 47.1 Å². The van der Waals surface area contributed by atoms with Crippen molar-refractivity contribution in [1.82, 2.24) is 25.1 Å². The Hall–Kier alpha value is -4.54. The van der Waals surface area contributed by atoms with E-state index in [-0.39, 0.29) is 12.3 Å². The molecule has 1 radical (unpaired) electrons. The number of rotatable bonds is 8. The van der Waals surface area contributed by atoms with Crippen LogP contribution in [0.15, 0.2) is 77.8 Å². The smallest absolute Gasteiger partial charge is 0.326 e. The van der Waals surface area contributed by atoms with E-state index < -0.39 is 6.04 Å². The molecule has 209 valence electrons. The standard InChI is InChI=1S/C31H27BClN6O3/c1-18-37-38-31-27(17-29(40)34-14-13-23-10-6-19-3-7-21(32-41)15-26(19)35-23)36-30(20-4-8-22(33)9-5-20)25-16-24(42-2)11-12-28(25)39(18)31/h3-12,15-16,27,41H,13-14,17H2,1-2H3,(H,34,40). The molecule has 0 fully saturated rings. The van der Waals surface area contributed by atoms with Crippen molar-refractivity contribution in [1.29, 1.82) is 0 Å². The lowest BCUT2D eigenvalue weighted by atomic mass is 9.88. The first-order chi connectivity index (χ1) is 20.4. The molecular formula is C31H27BClN6O3. The van der Waals surface area contributed by atoms with Gasteiger partial charge in [-0.05, 0) is 49.4 Å². The molecule has 0 saturated carbocycles. The second kappa shape index (κ2) is 11.8. The normalized spacial score (nSPS) is 14.0. The van der Waals surface area contributed by atoms with Gasteiger partial charge in [0.25, 0.3) is 0 Å². The van der Waals surface area contributed by atoms with E-state index in [1.54, 1.807) is 7.11 Å². The summed E-state index contributed by atoms with van der Waals surface area (Å²) in [6.45, 7) is 2.29. The molecule has 1 amide bonds. The average Bonchev–Trinajstić information content (AvgIpc) is 3.33. The Labute approximate surface area is 248 Å². The molecule has 0 spiro atoms. The summed E-state index contributed by atoms with van der Waals surface area (Å²) in [5, 5.41) is 22.7. The summed E-state index contributed by atoms with van der Waals surface area (Å²) in [6, 6.07) is 22.2. The van der Waals surface area contributed by atoms with E-state index in [4.69, 9.17) is 21.3 Å². The van der Waals surface area contributed by atoms with E-state index >= 15 is 0 Å². The number of aryl methyl sites for hydroxylation is 1. The number of methoxy groups -OCH3 is 1. The highest BCUT2D eigenvalue weighted by Gasteiger charge is 2.30. The zero-order valence-corrected chi connectivity index (χ0v) is 23.8. The molecule has 1 aliphatic heterocycles. The topological polar surface area (TPSA) is 115 Å². The van der Waals surface area contributed by atoms with Crippen LogP contribution >= 0.6 is 11.6 Å². The van der Waals surface area contributed by atoms with Gasteiger partial charge in [0.2, 0.25) is 5.91 Å². The monoisotopic (exact) mass is 577 g/mol. The van der Waals surface area contributed by atoms with Crippen molar-refractivity contribution in [2.24, 2.45) is 4.99 Å². The zero-order valence-electron chi connectivity index (χ0n) is 23.1. The first-order valence-electron chi connectivity index (χ1n) is 13.5. The van der Waals surface area contributed by atoms with Gasteiger partial charge in [0, 0.05) is 40.2 Å². The van der Waals surface area contributed by atoms with Crippen molar-refractivity contribution in [2.75, 3.05) is 13.7 Å². The zero-order chi connectivity index (χ0) is 29.2. The Kier molecular flexibility index (Phi) is 7.73. The minimum Gasteiger partial charge on any atom is -0.497 e. The molecule has 6 rings (SSSR count). The van der Waals surface area contributed by atoms with E-state index in [9.17, 15) is 9.82 Å². The molecule has 5 aromatic rings. The number of aliphatic imine (C=N–C) groups is 1. The number of ether oxygens (including phenoxy) is 1. The van der Waals surface area contributed by atoms with E-state index in [0.717, 1.165) is 40.9 Å². The van der Waals surface area contributed by atoms with Crippen LogP contribution in [0.4, 0.5) is 0 Å². The van der Waals surface area contributed by atoms with Gasteiger partial charge in [-0.2, -0.15) is 0 Å². The minimum atomic E-state index is -0.581. The summed E-state index contributed by atoms with van der Waals surface area (Å²) < 4.78 is 7.49. The van der Waals surface area contributed by atoms with Crippen molar-refractivity contribution in [3.05, 3.63) is 106 Å². The largest absolute Gasteiger partial charge is 0.497 e. The lowest BCUT2D eigenvalue weighted by Crippen LogP contribution is -2.27. The summed E-state index contributed by atoms with van der Waals surface area (Å²) >= 11 is 6.19. The minimum absolute atomic E-state index is 0.0845. The SMILES string of the molecule is COc1ccc2c(c1)C(c1ccc(Cl)cc1)=NC(CC(=O)NCCc1ccc3ccc([B]O)cc3n1)c1nnc(C)n1-2. The van der Waals surface area contributed by atoms with Gasteiger partial charge in [0.05, 0.1) is 30.4 Å². The van der Waals surface area contributed by atoms with Crippen LogP contribution in [0.25, 0.3) is 16.6 Å². The number of carbonyl (C=O) groups is 1. The number of hydrogen-bond donors (Lipinski definition) is 2. The highest BCUT2D eigenvalue weighted by atomic mass is 35.5. The lowest BCUT2D eigenvalue weighted by Gasteiger charge is -2.14. The third kappa shape index (κ3) is 5.51. The quantitative estimate of drug-likeness (QED) is 0.272. The first kappa shape index (κ1) is 27.6. The molecule has 11 heteroatoms. The number of carbonyl (C=O) groups excluding carboxylic acids is 1. The maximum Gasteiger partial charge on any atom is 0.326 e. The van der Waals surface area contributed by atoms with Gasteiger partial charge in [0.15, 0.2) is 5.82 Å². The van der Waals surface area contributed by atoms with Crippen LogP contribution in [0.1, 0.15) is 40.9 Å². The van der Waals surface area contributed by atoms with Crippen LogP contribution in [0.3, 0.4) is 0 Å². The summed E-state index contributed by atoms with van der Waals surface area (Å²) in [5.74, 6) is 1.81. The molecule has 0 bridgehead atoms. The fourth-order valence-corrected chi connectivity index (χ4v) is 5.28. The fraction of sp³-hybridized carbons (Fsp3) is 0.194. The maximum absolute atomic E-state index is 13.3. The van der Waals surface area contributed by atoms with Crippen LogP contribution in [0, 0.1) is 6.92 Å². The summed E-state index contributed by atoms with van der Waals surface area (Å²) in [6.07, 6.45) is 0.639. The Morgan fingerprint density at radius 2 is 1.88 bits per heavy atom. The van der Waals surface area contributed by atoms with Gasteiger partial charge in [0.1, 0.15) is 17.6 Å². The summed E-state index contributed by atoms with van der Waals surface area (Å²) in [7, 11) is 2.68. The van der Waals surface area contributed by atoms with Crippen LogP contribution in [-0.4, -0.2) is 57.5 Å². The fourth-order valence-electron chi connectivity index (χ4n) is 5.15. The molecule has 0 aliphatic carbocycles. The lowest BCUT2D eigenvalue weighted by molar-refractivity contribution is -0.121. The second-order valence-electron chi connectivity index (χ2n) is 10.0. The van der Waals surface area contributed by atoms with Crippen LogP contribution in [-0.2, 0) is 11.2 Å². The molecule has 1 aliphatic rings. The molecule has 1 atom stereocenters. The molecule has 42 heavy (non-hydrogen) atoms. The van der Waals surface area contributed by atoms with Crippen molar-refractivity contribution in [3.8, 4) is 11.4 Å². The van der Waals surface area contributed by atoms with E-state index in [1.807, 2.05) is 84.3 Å². The Morgan fingerprint density at radius 1 is 1.07 bits per heavy atom. The van der Waals surface area contributed by atoms with Gasteiger partial charge in [-0.3, -0.25) is 19.3 Å². The highest BCUT2D eigenvalue weighted by molar-refractivity contribution is 6.45. The van der Waals surface area contributed by atoms with Crippen molar-refractivity contribution < 1.29 is 14.6 Å². The predicted octanol–water partition coefficient (Wildman–Crippen LogP) is 3.66. The molecule has 2 aromatic heterocycles. The van der Waals surface area contributed by atoms with Gasteiger partial charge < -0.3 is 15.1 Å². The van der Waals surface area contributed by atoms with Crippen LogP contribution in [0.5, 0.6) is 5.75 Å². The number of pyridine rings is 1. The van der Waals surface area contributed by atoms with Crippen LogP contribution < -0.4 is 15.5 Å². The number of amides is 1. The summed E-state index contributed by atoms with van der Waals surface area (Å²) in [5.41, 5.74) is 5.58. The molecule has 1 unspecified atom stereocenters. The number of fused-ring (bicyclic) bond motifs is 4. The van der Waals surface area contributed by atoms with Crippen LogP contribution in [0.2, 0.25) is 5.02 Å². The van der Waals surface area contributed by atoms with Gasteiger partial charge >= 0.3 is 7.48 Å². The third-order valence-corrected chi connectivity index (χ3v) is 7.51. The van der Waals surface area contributed by atoms with Gasteiger partial charge in [-0.25, -0.2) is 0 Å². The number of aromatic nitrogens is 4. The molecule has 9 nitrogen and oxygen atoms in total. The molecule has 2 N–H and O–H groups in total. The third-order valence-electron chi connectivity index (χ3n) is 7.26.